The van der Waals surface area contributed by atoms with Gasteiger partial charge in [0, 0.05) is 36.6 Å². The molecule has 2 N–H and O–H groups in total. The smallest absolute Gasteiger partial charge is 0.286 e. The van der Waals surface area contributed by atoms with E-state index in [1.807, 2.05) is 13.8 Å². The molecule has 1 rings (SSSR count). The summed E-state index contributed by atoms with van der Waals surface area (Å²) in [5.74, 6) is 0. The predicted molar refractivity (Wildman–Crippen MR) is 69.8 cm³/mol. The normalized spacial score (nSPS) is 10.0. The number of aromatic nitrogens is 2. The Morgan fingerprint density at radius 1 is 1.06 bits per heavy atom. The minimum Gasteiger partial charge on any atom is -0.347 e. The molecule has 2 amide bonds. The molecule has 6 nitrogen and oxygen atoms in total. The average molecular weight is 292 g/mol. The van der Waals surface area contributed by atoms with Gasteiger partial charge in [0.25, 0.3) is 10.5 Å². The van der Waals surface area contributed by atoms with E-state index in [-0.39, 0.29) is 10.5 Å². The minimum absolute atomic E-state index is 0.168. The first-order chi connectivity index (χ1) is 8.15. The molecular weight excluding hydrogens is 280 g/mol. The number of hydrogen-bond acceptors (Lipinski definition) is 7. The van der Waals surface area contributed by atoms with Gasteiger partial charge >= 0.3 is 0 Å². The minimum atomic E-state index is -0.168. The summed E-state index contributed by atoms with van der Waals surface area (Å²) in [5.41, 5.74) is 0. The Morgan fingerprint density at radius 2 is 1.47 bits per heavy atom. The van der Waals surface area contributed by atoms with Crippen LogP contribution in [0.5, 0.6) is 0 Å². The van der Waals surface area contributed by atoms with Crippen molar-refractivity contribution >= 4 is 45.3 Å². The van der Waals surface area contributed by atoms with Crippen molar-refractivity contribution in [2.45, 2.75) is 22.5 Å². The summed E-state index contributed by atoms with van der Waals surface area (Å²) in [5, 5.41) is 12.6. The van der Waals surface area contributed by atoms with E-state index in [0.717, 1.165) is 23.5 Å². The van der Waals surface area contributed by atoms with Gasteiger partial charge in [0.15, 0.2) is 8.68 Å². The number of nitrogens with zero attached hydrogens (tertiary/aromatic N) is 2. The first-order valence-corrected chi connectivity index (χ1v) is 7.35. The van der Waals surface area contributed by atoms with Crippen molar-refractivity contribution in [3.63, 3.8) is 0 Å². The lowest BCUT2D eigenvalue weighted by molar-refractivity contribution is 0.260. The summed E-state index contributed by atoms with van der Waals surface area (Å²) in [4.78, 5) is 22.5. The zero-order valence-corrected chi connectivity index (χ0v) is 11.8. The Kier molecular flexibility index (Phi) is 6.30. The van der Waals surface area contributed by atoms with Gasteiger partial charge in [0.05, 0.1) is 0 Å². The van der Waals surface area contributed by atoms with Gasteiger partial charge in [-0.3, -0.25) is 9.59 Å². The first-order valence-electron chi connectivity index (χ1n) is 4.90. The molecule has 0 radical (unpaired) electrons. The van der Waals surface area contributed by atoms with Crippen LogP contribution in [0.25, 0.3) is 0 Å². The van der Waals surface area contributed by atoms with E-state index in [4.69, 9.17) is 0 Å². The molecule has 0 aromatic carbocycles. The van der Waals surface area contributed by atoms with Crippen molar-refractivity contribution in [2.75, 3.05) is 13.1 Å². The number of carbonyl (C=O) groups is 2. The molecule has 1 aromatic rings. The third-order valence-corrected chi connectivity index (χ3v) is 4.07. The number of carbonyl (C=O) groups excluding carboxylic acids is 2. The quantitative estimate of drug-likeness (QED) is 0.828. The molecular formula is C8H12N4O2S3. The molecule has 0 aliphatic heterocycles. The maximum absolute atomic E-state index is 11.3. The van der Waals surface area contributed by atoms with Crippen LogP contribution in [0.3, 0.4) is 0 Å². The van der Waals surface area contributed by atoms with Crippen molar-refractivity contribution in [3.05, 3.63) is 0 Å². The fourth-order valence-electron chi connectivity index (χ4n) is 0.799. The number of nitrogens with one attached hydrogen (secondary N) is 2. The molecule has 0 unspecified atom stereocenters. The van der Waals surface area contributed by atoms with Gasteiger partial charge in [-0.25, -0.2) is 0 Å². The monoisotopic (exact) mass is 292 g/mol. The lowest BCUT2D eigenvalue weighted by Gasteiger charge is -1.96. The second-order valence-electron chi connectivity index (χ2n) is 2.67. The van der Waals surface area contributed by atoms with Crippen molar-refractivity contribution in [3.8, 4) is 0 Å². The Labute approximate surface area is 111 Å². The van der Waals surface area contributed by atoms with Crippen molar-refractivity contribution in [1.82, 2.24) is 20.8 Å². The standard InChI is InChI=1S/C8H12N4O2S3/c1-3-9-5(13)15-7-11-12-8(17-7)16-6(14)10-4-2/h3-4H2,1-2H3,(H,9,13)(H,10,14). The van der Waals surface area contributed by atoms with Crippen LogP contribution < -0.4 is 10.6 Å². The van der Waals surface area contributed by atoms with Crippen LogP contribution in [0.4, 0.5) is 9.59 Å². The topological polar surface area (TPSA) is 84.0 Å². The van der Waals surface area contributed by atoms with E-state index in [9.17, 15) is 9.59 Å². The van der Waals surface area contributed by atoms with Crippen LogP contribution in [0.2, 0.25) is 0 Å². The second kappa shape index (κ2) is 7.51. The number of rotatable bonds is 4. The molecule has 0 fully saturated rings. The van der Waals surface area contributed by atoms with Gasteiger partial charge in [0.1, 0.15) is 0 Å². The molecule has 0 saturated heterocycles. The Morgan fingerprint density at radius 3 is 1.82 bits per heavy atom. The van der Waals surface area contributed by atoms with Crippen LogP contribution in [-0.2, 0) is 0 Å². The summed E-state index contributed by atoms with van der Waals surface area (Å²) in [7, 11) is 0. The molecule has 0 saturated carbocycles. The van der Waals surface area contributed by atoms with E-state index in [1.165, 1.54) is 11.3 Å². The Hall–Kier alpha value is -0.800. The van der Waals surface area contributed by atoms with Crippen LogP contribution in [0.15, 0.2) is 8.68 Å². The molecule has 1 aromatic heterocycles. The highest BCUT2D eigenvalue weighted by Gasteiger charge is 2.12. The van der Waals surface area contributed by atoms with E-state index in [2.05, 4.69) is 20.8 Å². The molecule has 0 atom stereocenters. The van der Waals surface area contributed by atoms with E-state index in [0.29, 0.717) is 21.8 Å². The van der Waals surface area contributed by atoms with Crippen molar-refractivity contribution < 1.29 is 9.59 Å². The highest BCUT2D eigenvalue weighted by Crippen LogP contribution is 2.29. The SMILES string of the molecule is CCNC(=O)Sc1nnc(SC(=O)NCC)s1. The maximum atomic E-state index is 11.3. The highest BCUT2D eigenvalue weighted by atomic mass is 32.2. The molecule has 0 aliphatic rings. The van der Waals surface area contributed by atoms with E-state index in [1.54, 1.807) is 0 Å². The summed E-state index contributed by atoms with van der Waals surface area (Å²) in [6.07, 6.45) is 0. The zero-order chi connectivity index (χ0) is 12.7. The first kappa shape index (κ1) is 14.3. The lowest BCUT2D eigenvalue weighted by atomic mass is 10.8. The van der Waals surface area contributed by atoms with Crippen molar-refractivity contribution in [1.29, 1.82) is 0 Å². The third-order valence-electron chi connectivity index (χ3n) is 1.39. The lowest BCUT2D eigenvalue weighted by Crippen LogP contribution is -2.17. The van der Waals surface area contributed by atoms with Gasteiger partial charge in [-0.15, -0.1) is 10.2 Å². The van der Waals surface area contributed by atoms with Gasteiger partial charge < -0.3 is 10.6 Å². The largest absolute Gasteiger partial charge is 0.347 e. The predicted octanol–water partition coefficient (Wildman–Crippen LogP) is 2.18. The fraction of sp³-hybridized carbons (Fsp3) is 0.500. The maximum Gasteiger partial charge on any atom is 0.286 e. The molecule has 9 heteroatoms. The van der Waals surface area contributed by atoms with Gasteiger partial charge in [0.2, 0.25) is 0 Å². The summed E-state index contributed by atoms with van der Waals surface area (Å²) in [6.45, 7) is 4.83. The molecule has 0 bridgehead atoms. The highest BCUT2D eigenvalue weighted by molar-refractivity contribution is 8.16. The molecule has 0 spiro atoms. The summed E-state index contributed by atoms with van der Waals surface area (Å²) in [6, 6.07) is 0. The number of hydrogen-bond donors (Lipinski definition) is 2. The molecule has 0 aliphatic carbocycles. The van der Waals surface area contributed by atoms with Crippen LogP contribution >= 0.6 is 34.9 Å². The molecule has 94 valence electrons. The van der Waals surface area contributed by atoms with Gasteiger partial charge in [-0.2, -0.15) is 0 Å². The van der Waals surface area contributed by atoms with Gasteiger partial charge in [-0.1, -0.05) is 11.3 Å². The second-order valence-corrected chi connectivity index (χ2v) is 6.09. The Bertz CT molecular complexity index is 361. The van der Waals surface area contributed by atoms with Gasteiger partial charge in [-0.05, 0) is 13.8 Å². The molecule has 17 heavy (non-hydrogen) atoms. The zero-order valence-electron chi connectivity index (χ0n) is 9.35. The summed E-state index contributed by atoms with van der Waals surface area (Å²) >= 11 is 3.18. The van der Waals surface area contributed by atoms with E-state index >= 15 is 0 Å². The van der Waals surface area contributed by atoms with E-state index < -0.39 is 0 Å². The van der Waals surface area contributed by atoms with Crippen LogP contribution in [0.1, 0.15) is 13.8 Å². The number of amides is 2. The van der Waals surface area contributed by atoms with Crippen molar-refractivity contribution in [2.24, 2.45) is 0 Å². The fourth-order valence-corrected chi connectivity index (χ4v) is 3.44. The molecule has 1 heterocycles. The summed E-state index contributed by atoms with van der Waals surface area (Å²) < 4.78 is 1.06. The van der Waals surface area contributed by atoms with Crippen LogP contribution in [0, 0.1) is 0 Å². The number of thioether (sulfide) groups is 2. The average Bonchev–Trinajstić information content (AvgIpc) is 2.66. The third kappa shape index (κ3) is 5.37. The van der Waals surface area contributed by atoms with Crippen LogP contribution in [-0.4, -0.2) is 33.8 Å². The Balaban J connectivity index is 2.47.